The van der Waals surface area contributed by atoms with Crippen LogP contribution in [0.1, 0.15) is 0 Å². The molecule has 0 saturated heterocycles. The third kappa shape index (κ3) is 2.53. The first-order chi connectivity index (χ1) is 8.50. The largest absolute Gasteiger partial charge is 0.422 e. The summed E-state index contributed by atoms with van der Waals surface area (Å²) >= 11 is 12.5. The number of thioether (sulfide) groups is 1. The topological polar surface area (TPSA) is 33.5 Å². The van der Waals surface area contributed by atoms with Crippen LogP contribution in [0.15, 0.2) is 38.4 Å². The van der Waals surface area contributed by atoms with Gasteiger partial charge in [0.2, 0.25) is 0 Å². The molecule has 0 atom stereocenters. The van der Waals surface area contributed by atoms with Gasteiger partial charge in [0.15, 0.2) is 0 Å². The summed E-state index contributed by atoms with van der Waals surface area (Å²) < 4.78 is 5.77. The van der Waals surface area contributed by atoms with Gasteiger partial charge in [-0.05, 0) is 12.1 Å². The predicted molar refractivity (Wildman–Crippen MR) is 79.6 cm³/mol. The maximum Gasteiger partial charge on any atom is 0.352 e. The number of thiocarbonyl (C=S) groups is 1. The fourth-order valence-corrected chi connectivity index (χ4v) is 2.64. The number of fused-ring (bicyclic) bond motifs is 1. The van der Waals surface area contributed by atoms with E-state index in [1.807, 2.05) is 26.2 Å². The van der Waals surface area contributed by atoms with Gasteiger partial charge in [-0.3, -0.25) is 0 Å². The molecule has 2 aromatic rings. The minimum absolute atomic E-state index is 0.328. The van der Waals surface area contributed by atoms with Crippen LogP contribution in [0.5, 0.6) is 0 Å². The molecule has 0 aliphatic carbocycles. The molecule has 0 spiro atoms. The summed E-state index contributed by atoms with van der Waals surface area (Å²) in [5.74, 6) is 0. The first-order valence-electron chi connectivity index (χ1n) is 5.11. The summed E-state index contributed by atoms with van der Waals surface area (Å²) in [5.41, 5.74) is 0.0144. The van der Waals surface area contributed by atoms with Crippen molar-refractivity contribution in [3.05, 3.63) is 39.7 Å². The second-order valence-corrected chi connectivity index (χ2v) is 5.81. The Bertz CT molecular complexity index is 667. The Kier molecular flexibility index (Phi) is 3.94. The van der Waals surface area contributed by atoms with E-state index in [1.165, 1.54) is 0 Å². The van der Waals surface area contributed by atoms with Crippen molar-refractivity contribution in [1.29, 1.82) is 0 Å². The summed E-state index contributed by atoms with van der Waals surface area (Å²) in [7, 11) is 3.62. The van der Waals surface area contributed by atoms with E-state index in [-0.39, 0.29) is 0 Å². The zero-order valence-corrected chi connectivity index (χ0v) is 12.2. The van der Waals surface area contributed by atoms with Gasteiger partial charge in [-0.1, -0.05) is 47.7 Å². The van der Waals surface area contributed by atoms with Crippen molar-refractivity contribution in [3.63, 3.8) is 0 Å². The number of nitrogens with zero attached hydrogens (tertiary/aromatic N) is 1. The van der Waals surface area contributed by atoms with Crippen LogP contribution in [0, 0.1) is 0 Å². The monoisotopic (exact) mass is 299 g/mol. The van der Waals surface area contributed by atoms with Crippen LogP contribution < -0.4 is 5.63 Å². The van der Waals surface area contributed by atoms with Crippen LogP contribution in [0.3, 0.4) is 0 Å². The summed E-state index contributed by atoms with van der Waals surface area (Å²) in [6.07, 6.45) is 0. The Morgan fingerprint density at radius 2 is 2.06 bits per heavy atom. The molecule has 1 aromatic heterocycles. The lowest BCUT2D eigenvalue weighted by molar-refractivity contribution is 0.544. The molecule has 0 amide bonds. The van der Waals surface area contributed by atoms with Crippen molar-refractivity contribution >= 4 is 50.9 Å². The van der Waals surface area contributed by atoms with Crippen molar-refractivity contribution < 1.29 is 4.42 Å². The van der Waals surface area contributed by atoms with Gasteiger partial charge >= 0.3 is 5.63 Å². The Balaban J connectivity index is 2.58. The third-order valence-corrected chi connectivity index (χ3v) is 4.50. The van der Waals surface area contributed by atoms with Crippen molar-refractivity contribution in [3.8, 4) is 0 Å². The average Bonchev–Trinajstić information content (AvgIpc) is 2.34. The Morgan fingerprint density at radius 1 is 1.39 bits per heavy atom. The fraction of sp³-hybridized carbons (Fsp3) is 0.167. The van der Waals surface area contributed by atoms with Crippen LogP contribution in [-0.4, -0.2) is 23.3 Å². The minimum atomic E-state index is -0.465. The molecule has 6 heteroatoms. The van der Waals surface area contributed by atoms with Gasteiger partial charge < -0.3 is 9.32 Å². The van der Waals surface area contributed by atoms with Crippen molar-refractivity contribution in [2.45, 2.75) is 4.90 Å². The molecule has 0 fully saturated rings. The highest BCUT2D eigenvalue weighted by Crippen LogP contribution is 2.31. The lowest BCUT2D eigenvalue weighted by Crippen LogP contribution is -2.17. The van der Waals surface area contributed by atoms with E-state index in [0.29, 0.717) is 25.2 Å². The van der Waals surface area contributed by atoms with E-state index in [4.69, 9.17) is 28.2 Å². The molecule has 1 aromatic carbocycles. The van der Waals surface area contributed by atoms with Crippen LogP contribution in [-0.2, 0) is 0 Å². The lowest BCUT2D eigenvalue weighted by Gasteiger charge is -2.13. The number of hydrogen-bond acceptors (Lipinski definition) is 4. The van der Waals surface area contributed by atoms with Gasteiger partial charge in [-0.2, -0.15) is 0 Å². The molecule has 94 valence electrons. The Hall–Kier alpha value is -1.04. The number of hydrogen-bond donors (Lipinski definition) is 0. The molecule has 0 aliphatic heterocycles. The van der Waals surface area contributed by atoms with Gasteiger partial charge in [-0.15, -0.1) is 0 Å². The van der Waals surface area contributed by atoms with Crippen LogP contribution >= 0.6 is 35.6 Å². The molecule has 0 N–H and O–H groups in total. The highest BCUT2D eigenvalue weighted by molar-refractivity contribution is 8.23. The van der Waals surface area contributed by atoms with Gasteiger partial charge in [0.25, 0.3) is 0 Å². The smallest absolute Gasteiger partial charge is 0.352 e. The second-order valence-electron chi connectivity index (χ2n) is 3.79. The minimum Gasteiger partial charge on any atom is -0.422 e. The van der Waals surface area contributed by atoms with E-state index >= 15 is 0 Å². The van der Waals surface area contributed by atoms with Gasteiger partial charge in [0.05, 0.1) is 5.02 Å². The molecular formula is C12H10ClNO2S2. The number of rotatable bonds is 1. The summed E-state index contributed by atoms with van der Waals surface area (Å²) in [6, 6.07) is 7.15. The van der Waals surface area contributed by atoms with E-state index in [0.717, 1.165) is 11.8 Å². The van der Waals surface area contributed by atoms with Crippen molar-refractivity contribution in [2.75, 3.05) is 14.1 Å². The second kappa shape index (κ2) is 5.30. The van der Waals surface area contributed by atoms with E-state index in [2.05, 4.69) is 0 Å². The SMILES string of the molecule is CN(C)C(=S)Sc1c(Cl)c2ccccc2oc1=O. The predicted octanol–water partition coefficient (Wildman–Crippen LogP) is 3.39. The van der Waals surface area contributed by atoms with E-state index < -0.39 is 5.63 Å². The lowest BCUT2D eigenvalue weighted by atomic mass is 10.2. The van der Waals surface area contributed by atoms with Crippen LogP contribution in [0.2, 0.25) is 5.02 Å². The molecule has 0 radical (unpaired) electrons. The molecule has 2 rings (SSSR count). The van der Waals surface area contributed by atoms with Gasteiger partial charge in [-0.25, -0.2) is 4.79 Å². The average molecular weight is 300 g/mol. The molecule has 0 saturated carbocycles. The van der Waals surface area contributed by atoms with Crippen molar-refractivity contribution in [2.24, 2.45) is 0 Å². The summed E-state index contributed by atoms with van der Waals surface area (Å²) in [6.45, 7) is 0. The molecule has 1 heterocycles. The number of para-hydroxylation sites is 1. The first-order valence-corrected chi connectivity index (χ1v) is 6.71. The van der Waals surface area contributed by atoms with Crippen LogP contribution in [0.4, 0.5) is 0 Å². The summed E-state index contributed by atoms with van der Waals surface area (Å²) in [5, 5.41) is 1.10. The van der Waals surface area contributed by atoms with E-state index in [9.17, 15) is 4.79 Å². The molecule has 18 heavy (non-hydrogen) atoms. The van der Waals surface area contributed by atoms with Gasteiger partial charge in [0.1, 0.15) is 14.8 Å². The zero-order valence-electron chi connectivity index (χ0n) is 9.77. The third-order valence-electron chi connectivity index (χ3n) is 2.27. The maximum atomic E-state index is 11.9. The highest BCUT2D eigenvalue weighted by Gasteiger charge is 2.15. The zero-order chi connectivity index (χ0) is 13.3. The Morgan fingerprint density at radius 3 is 2.72 bits per heavy atom. The van der Waals surface area contributed by atoms with Crippen LogP contribution in [0.25, 0.3) is 11.0 Å². The maximum absolute atomic E-state index is 11.9. The normalized spacial score (nSPS) is 10.6. The molecule has 0 bridgehead atoms. The highest BCUT2D eigenvalue weighted by atomic mass is 35.5. The number of halogens is 1. The first kappa shape index (κ1) is 13.4. The van der Waals surface area contributed by atoms with Crippen molar-refractivity contribution in [1.82, 2.24) is 4.90 Å². The molecule has 0 aliphatic rings. The van der Waals surface area contributed by atoms with E-state index in [1.54, 1.807) is 17.0 Å². The summed E-state index contributed by atoms with van der Waals surface area (Å²) in [4.78, 5) is 13.9. The quantitative estimate of drug-likeness (QED) is 0.458. The molecular weight excluding hydrogens is 290 g/mol. The fourth-order valence-electron chi connectivity index (χ4n) is 1.36. The molecule has 3 nitrogen and oxygen atoms in total. The Labute approximate surface area is 119 Å². The molecule has 0 unspecified atom stereocenters. The number of benzene rings is 1. The van der Waals surface area contributed by atoms with Gasteiger partial charge in [0, 0.05) is 19.5 Å². The standard InChI is InChI=1S/C12H10ClNO2S2/c1-14(2)12(17)18-10-9(13)7-5-3-4-6-8(7)16-11(10)15/h3-6H,1-2H3.